The van der Waals surface area contributed by atoms with E-state index in [2.05, 4.69) is 62.4 Å². The fourth-order valence-corrected chi connectivity index (χ4v) is 3.99. The first-order valence-electron chi connectivity index (χ1n) is 10.7. The molecule has 5 rings (SSSR count). The average Bonchev–Trinajstić information content (AvgIpc) is 2.84. The number of aromatic nitrogens is 2. The van der Waals surface area contributed by atoms with Crippen LogP contribution >= 0.6 is 0 Å². The van der Waals surface area contributed by atoms with E-state index in [0.717, 1.165) is 50.4 Å². The van der Waals surface area contributed by atoms with Gasteiger partial charge in [0.1, 0.15) is 5.75 Å². The summed E-state index contributed by atoms with van der Waals surface area (Å²) in [5, 5.41) is 1.03. The van der Waals surface area contributed by atoms with Crippen LogP contribution in [0.25, 0.3) is 44.7 Å². The first kappa shape index (κ1) is 20.0. The van der Waals surface area contributed by atoms with Crippen LogP contribution in [0, 0.1) is 13.8 Å². The Morgan fingerprint density at radius 3 is 2.06 bits per heavy atom. The van der Waals surface area contributed by atoms with E-state index in [1.165, 1.54) is 11.1 Å². The second-order valence-corrected chi connectivity index (χ2v) is 8.06. The summed E-state index contributed by atoms with van der Waals surface area (Å²) in [4.78, 5) is 10.0. The molecule has 0 N–H and O–H groups in total. The fraction of sp³-hybridized carbons (Fsp3) is 0.103. The zero-order valence-electron chi connectivity index (χ0n) is 18.5. The highest BCUT2D eigenvalue weighted by molar-refractivity contribution is 5.94. The molecule has 4 aromatic carbocycles. The lowest BCUT2D eigenvalue weighted by molar-refractivity contribution is 0.415. The van der Waals surface area contributed by atoms with Gasteiger partial charge in [-0.15, -0.1) is 0 Å². The third-order valence-electron chi connectivity index (χ3n) is 5.75. The number of ether oxygens (including phenoxy) is 1. The van der Waals surface area contributed by atoms with Gasteiger partial charge in [-0.3, -0.25) is 0 Å². The van der Waals surface area contributed by atoms with E-state index in [1.54, 1.807) is 7.11 Å². The number of aryl methyl sites for hydroxylation is 2. The van der Waals surface area contributed by atoms with Gasteiger partial charge in [0.2, 0.25) is 0 Å². The number of nitrogens with zero attached hydrogens (tertiary/aromatic N) is 2. The topological polar surface area (TPSA) is 35.0 Å². The van der Waals surface area contributed by atoms with Crippen molar-refractivity contribution in [3.63, 3.8) is 0 Å². The molecule has 3 nitrogen and oxygen atoms in total. The van der Waals surface area contributed by atoms with E-state index in [4.69, 9.17) is 14.7 Å². The van der Waals surface area contributed by atoms with E-state index in [0.29, 0.717) is 0 Å². The number of rotatable bonds is 4. The summed E-state index contributed by atoms with van der Waals surface area (Å²) in [6, 6.07) is 31.3. The van der Waals surface area contributed by atoms with Gasteiger partial charge in [-0.2, -0.15) is 0 Å². The first-order valence-corrected chi connectivity index (χ1v) is 10.7. The highest BCUT2D eigenvalue weighted by Gasteiger charge is 2.15. The molecule has 0 unspecified atom stereocenters. The lowest BCUT2D eigenvalue weighted by Gasteiger charge is -2.14. The summed E-state index contributed by atoms with van der Waals surface area (Å²) >= 11 is 0. The predicted octanol–water partition coefficient (Wildman–Crippen LogP) is 7.26. The zero-order chi connectivity index (χ0) is 22.1. The lowest BCUT2D eigenvalue weighted by atomic mass is 9.96. The van der Waals surface area contributed by atoms with Gasteiger partial charge in [0, 0.05) is 16.5 Å². The number of para-hydroxylation sites is 1. The molecule has 0 amide bonds. The Labute approximate surface area is 188 Å². The van der Waals surface area contributed by atoms with E-state index >= 15 is 0 Å². The predicted molar refractivity (Wildman–Crippen MR) is 132 cm³/mol. The summed E-state index contributed by atoms with van der Waals surface area (Å²) in [5.41, 5.74) is 8.67. The van der Waals surface area contributed by atoms with Gasteiger partial charge >= 0.3 is 0 Å². The highest BCUT2D eigenvalue weighted by Crippen LogP contribution is 2.35. The molecule has 0 saturated heterocycles. The van der Waals surface area contributed by atoms with E-state index in [-0.39, 0.29) is 0 Å². The van der Waals surface area contributed by atoms with Crippen molar-refractivity contribution >= 4 is 10.9 Å². The molecule has 0 aliphatic rings. The molecule has 0 aliphatic carbocycles. The van der Waals surface area contributed by atoms with Crippen molar-refractivity contribution in [2.45, 2.75) is 13.8 Å². The van der Waals surface area contributed by atoms with E-state index in [9.17, 15) is 0 Å². The van der Waals surface area contributed by atoms with Crippen LogP contribution in [0.3, 0.4) is 0 Å². The lowest BCUT2D eigenvalue weighted by Crippen LogP contribution is -1.97. The van der Waals surface area contributed by atoms with Crippen LogP contribution in [-0.2, 0) is 0 Å². The van der Waals surface area contributed by atoms with E-state index in [1.807, 2.05) is 42.5 Å². The largest absolute Gasteiger partial charge is 0.497 e. The molecule has 0 atom stereocenters. The molecule has 3 heteroatoms. The number of fused-ring (bicyclic) bond motifs is 1. The number of methoxy groups -OCH3 is 1. The van der Waals surface area contributed by atoms with Crippen LogP contribution in [0.1, 0.15) is 11.1 Å². The van der Waals surface area contributed by atoms with Gasteiger partial charge in [-0.1, -0.05) is 71.8 Å². The third kappa shape index (κ3) is 3.74. The molecule has 0 fully saturated rings. The van der Waals surface area contributed by atoms with Crippen molar-refractivity contribution in [1.29, 1.82) is 0 Å². The Hall–Kier alpha value is -3.98. The molecule has 32 heavy (non-hydrogen) atoms. The van der Waals surface area contributed by atoms with E-state index < -0.39 is 0 Å². The molecule has 156 valence electrons. The minimum atomic E-state index is 0.727. The molecule has 0 radical (unpaired) electrons. The van der Waals surface area contributed by atoms with Crippen molar-refractivity contribution in [1.82, 2.24) is 9.97 Å². The second kappa shape index (κ2) is 8.27. The normalized spacial score (nSPS) is 11.0. The number of hydrogen-bond acceptors (Lipinski definition) is 3. The number of benzene rings is 4. The third-order valence-corrected chi connectivity index (χ3v) is 5.75. The van der Waals surface area contributed by atoms with Gasteiger partial charge in [0.25, 0.3) is 0 Å². The van der Waals surface area contributed by atoms with Crippen molar-refractivity contribution in [2.75, 3.05) is 7.11 Å². The van der Waals surface area contributed by atoms with Crippen LogP contribution < -0.4 is 4.74 Å². The Morgan fingerprint density at radius 2 is 1.31 bits per heavy atom. The average molecular weight is 417 g/mol. The SMILES string of the molecule is COc1ccc(-c2nc(-c3ccc(C)cc3-c3ccc(C)cc3)nc3ccccc23)cc1. The van der Waals surface area contributed by atoms with Gasteiger partial charge in [0.05, 0.1) is 18.3 Å². The maximum atomic E-state index is 5.34. The summed E-state index contributed by atoms with van der Waals surface area (Å²) in [7, 11) is 1.68. The van der Waals surface area contributed by atoms with Crippen molar-refractivity contribution < 1.29 is 4.74 Å². The standard InChI is InChI=1S/C29H24N2O/c1-19-8-11-21(12-9-19)26-18-20(2)10-17-24(26)29-30-27-7-5-4-6-25(27)28(31-29)22-13-15-23(32-3)16-14-22/h4-18H,1-3H3. The van der Waals surface area contributed by atoms with Gasteiger partial charge in [-0.25, -0.2) is 9.97 Å². The first-order chi connectivity index (χ1) is 15.6. The quantitative estimate of drug-likeness (QED) is 0.309. The Balaban J connectivity index is 1.74. The maximum absolute atomic E-state index is 5.34. The summed E-state index contributed by atoms with van der Waals surface area (Å²) in [5.74, 6) is 1.55. The Kier molecular flexibility index (Phi) is 5.16. The molecule has 0 saturated carbocycles. The minimum absolute atomic E-state index is 0.727. The van der Waals surface area contributed by atoms with Gasteiger partial charge < -0.3 is 4.74 Å². The van der Waals surface area contributed by atoms with Crippen LogP contribution in [0.4, 0.5) is 0 Å². The molecule has 0 aliphatic heterocycles. The smallest absolute Gasteiger partial charge is 0.161 e. The Bertz CT molecular complexity index is 1400. The minimum Gasteiger partial charge on any atom is -0.497 e. The summed E-state index contributed by atoms with van der Waals surface area (Å²) < 4.78 is 5.34. The van der Waals surface area contributed by atoms with Crippen molar-refractivity contribution in [3.8, 4) is 39.5 Å². The maximum Gasteiger partial charge on any atom is 0.161 e. The Morgan fingerprint density at radius 1 is 0.625 bits per heavy atom. The molecular weight excluding hydrogens is 392 g/mol. The number of hydrogen-bond donors (Lipinski definition) is 0. The summed E-state index contributed by atoms with van der Waals surface area (Å²) in [6.07, 6.45) is 0. The van der Waals surface area contributed by atoms with Crippen LogP contribution in [0.5, 0.6) is 5.75 Å². The fourth-order valence-electron chi connectivity index (χ4n) is 3.99. The van der Waals surface area contributed by atoms with Gasteiger partial charge in [0.15, 0.2) is 5.82 Å². The zero-order valence-corrected chi connectivity index (χ0v) is 18.5. The van der Waals surface area contributed by atoms with Crippen LogP contribution in [0.2, 0.25) is 0 Å². The van der Waals surface area contributed by atoms with Crippen molar-refractivity contribution in [3.05, 3.63) is 102 Å². The summed E-state index contributed by atoms with van der Waals surface area (Å²) in [6.45, 7) is 4.22. The molecule has 0 bridgehead atoms. The molecule has 1 aromatic heterocycles. The molecular formula is C29H24N2O. The van der Waals surface area contributed by atoms with Crippen LogP contribution in [-0.4, -0.2) is 17.1 Å². The monoisotopic (exact) mass is 416 g/mol. The van der Waals surface area contributed by atoms with Crippen LogP contribution in [0.15, 0.2) is 91.0 Å². The highest BCUT2D eigenvalue weighted by atomic mass is 16.5. The van der Waals surface area contributed by atoms with Gasteiger partial charge in [-0.05, 0) is 55.3 Å². The van der Waals surface area contributed by atoms with Crippen molar-refractivity contribution in [2.24, 2.45) is 0 Å². The molecule has 5 aromatic rings. The molecule has 0 spiro atoms. The second-order valence-electron chi connectivity index (χ2n) is 8.06. The molecule has 1 heterocycles.